The Labute approximate surface area is 337 Å². The summed E-state index contributed by atoms with van der Waals surface area (Å²) in [5.74, 6) is 0.902. The molecule has 0 saturated carbocycles. The molecule has 3 aromatic heterocycles. The number of amidine groups is 1. The van der Waals surface area contributed by atoms with Crippen LogP contribution in [0.3, 0.4) is 0 Å². The van der Waals surface area contributed by atoms with Crippen LogP contribution < -0.4 is 10.6 Å². The molecule has 4 nitrogen and oxygen atoms in total. The van der Waals surface area contributed by atoms with E-state index < -0.39 is 0 Å². The summed E-state index contributed by atoms with van der Waals surface area (Å²) in [6, 6.07) is 66.0. The number of aliphatic imine (C=N–C) groups is 1. The Morgan fingerprint density at radius 1 is 0.474 bits per heavy atom. The van der Waals surface area contributed by atoms with Gasteiger partial charge in [-0.3, -0.25) is 5.32 Å². The van der Waals surface area contributed by atoms with E-state index in [-0.39, 0.29) is 12.3 Å². The van der Waals surface area contributed by atoms with E-state index in [0.29, 0.717) is 0 Å². The van der Waals surface area contributed by atoms with Crippen LogP contribution in [-0.4, -0.2) is 10.4 Å². The zero-order chi connectivity index (χ0) is 37.5. The number of nitrogens with one attached hydrogen (secondary N) is 2. The summed E-state index contributed by atoms with van der Waals surface area (Å²) in [4.78, 5) is 5.32. The lowest BCUT2D eigenvalue weighted by atomic mass is 9.99. The minimum absolute atomic E-state index is 0.0938. The summed E-state index contributed by atoms with van der Waals surface area (Å²) >= 11 is 3.74. The van der Waals surface area contributed by atoms with Gasteiger partial charge in [-0.1, -0.05) is 140 Å². The number of fused-ring (bicyclic) bond motifs is 9. The van der Waals surface area contributed by atoms with E-state index in [2.05, 4.69) is 197 Å². The van der Waals surface area contributed by atoms with Crippen LogP contribution in [0.15, 0.2) is 187 Å². The molecule has 4 heterocycles. The van der Waals surface area contributed by atoms with Crippen molar-refractivity contribution in [2.45, 2.75) is 12.3 Å². The minimum atomic E-state index is -0.188. The van der Waals surface area contributed by atoms with Crippen LogP contribution in [-0.2, 0) is 0 Å². The SMILES string of the molecule is c1ccc(C2N=C(c3cccc4c3sc3c(-c5ccc6sc7cccc(-n8c9ccccc9c9ccccc98)c7c6c5)cccc34)NC(c3ccccc3)N2)cc1. The van der Waals surface area contributed by atoms with Crippen molar-refractivity contribution in [2.75, 3.05) is 0 Å². The Balaban J connectivity index is 1.03. The molecule has 6 heteroatoms. The molecule has 0 saturated heterocycles. The molecule has 0 bridgehead atoms. The zero-order valence-corrected chi connectivity index (χ0v) is 32.3. The standard InChI is InChI=1S/C51H34N4S2/c1-3-14-31(15-4-1)49-52-50(32-16-5-2-6-17-32)54-51(53-49)39-23-12-22-38-37-21-11-20-34(47(37)57-48(38)39)33-28-29-44-40(30-33)46-43(26-13-27-45(46)56-44)55-41-24-9-7-18-35(41)36-19-8-10-25-42(36)55/h1-30,49-50,52H,(H,53,54). The fraction of sp³-hybridized carbons (Fsp3) is 0.0392. The number of aromatic nitrogens is 1. The van der Waals surface area contributed by atoms with Crippen LogP contribution >= 0.6 is 22.7 Å². The first-order chi connectivity index (χ1) is 28.3. The van der Waals surface area contributed by atoms with Gasteiger partial charge >= 0.3 is 0 Å². The summed E-state index contributed by atoms with van der Waals surface area (Å²) in [5, 5.41) is 15.2. The van der Waals surface area contributed by atoms with Crippen LogP contribution in [0.1, 0.15) is 29.0 Å². The van der Waals surface area contributed by atoms with Gasteiger partial charge in [-0.15, -0.1) is 22.7 Å². The van der Waals surface area contributed by atoms with Gasteiger partial charge in [0.25, 0.3) is 0 Å². The van der Waals surface area contributed by atoms with E-state index >= 15 is 0 Å². The highest BCUT2D eigenvalue weighted by atomic mass is 32.1. The van der Waals surface area contributed by atoms with Gasteiger partial charge in [0.1, 0.15) is 18.2 Å². The number of rotatable bonds is 5. The number of benzene rings is 8. The third-order valence-corrected chi connectivity index (χ3v) is 13.9. The molecule has 2 N–H and O–H groups in total. The van der Waals surface area contributed by atoms with E-state index in [1.165, 1.54) is 84.5 Å². The molecular formula is C51H34N4S2. The summed E-state index contributed by atoms with van der Waals surface area (Å²) in [6.07, 6.45) is -0.281. The lowest BCUT2D eigenvalue weighted by Gasteiger charge is -2.32. The molecule has 0 spiro atoms. The average Bonchev–Trinajstić information content (AvgIpc) is 3.96. The highest BCUT2D eigenvalue weighted by Crippen LogP contribution is 2.45. The maximum absolute atomic E-state index is 5.32. The molecule has 8 aromatic carbocycles. The molecule has 57 heavy (non-hydrogen) atoms. The lowest BCUT2D eigenvalue weighted by molar-refractivity contribution is 0.409. The number of hydrogen-bond acceptors (Lipinski definition) is 5. The van der Waals surface area contributed by atoms with Crippen molar-refractivity contribution in [3.8, 4) is 16.8 Å². The number of thiophene rings is 2. The normalized spacial score (nSPS) is 15.9. The molecular weight excluding hydrogens is 733 g/mol. The molecule has 1 aliphatic heterocycles. The van der Waals surface area contributed by atoms with Crippen molar-refractivity contribution >= 4 is 90.7 Å². The van der Waals surface area contributed by atoms with Gasteiger partial charge < -0.3 is 9.88 Å². The molecule has 11 aromatic rings. The summed E-state index contributed by atoms with van der Waals surface area (Å²) in [7, 11) is 0. The van der Waals surface area contributed by atoms with Crippen molar-refractivity contribution < 1.29 is 0 Å². The molecule has 0 radical (unpaired) electrons. The van der Waals surface area contributed by atoms with Crippen molar-refractivity contribution in [2.24, 2.45) is 4.99 Å². The third-order valence-electron chi connectivity index (χ3n) is 11.5. The first-order valence-electron chi connectivity index (χ1n) is 19.4. The Hall–Kier alpha value is -6.57. The second-order valence-corrected chi connectivity index (χ2v) is 16.8. The Kier molecular flexibility index (Phi) is 7.45. The number of nitrogens with zero attached hydrogens (tertiary/aromatic N) is 2. The fourth-order valence-electron chi connectivity index (χ4n) is 8.90. The highest BCUT2D eigenvalue weighted by Gasteiger charge is 2.27. The van der Waals surface area contributed by atoms with Crippen LogP contribution in [0, 0.1) is 0 Å². The number of para-hydroxylation sites is 2. The predicted molar refractivity (Wildman–Crippen MR) is 243 cm³/mol. The maximum Gasteiger partial charge on any atom is 0.133 e. The lowest BCUT2D eigenvalue weighted by Crippen LogP contribution is -2.44. The minimum Gasteiger partial charge on any atom is -0.350 e. The van der Waals surface area contributed by atoms with Gasteiger partial charge in [0, 0.05) is 56.7 Å². The molecule has 1 aliphatic rings. The van der Waals surface area contributed by atoms with Gasteiger partial charge in [0.2, 0.25) is 0 Å². The molecule has 0 amide bonds. The average molecular weight is 767 g/mol. The molecule has 270 valence electrons. The van der Waals surface area contributed by atoms with Crippen molar-refractivity contribution in [3.05, 3.63) is 199 Å². The van der Waals surface area contributed by atoms with Gasteiger partial charge in [0.15, 0.2) is 0 Å². The zero-order valence-electron chi connectivity index (χ0n) is 30.7. The second kappa shape index (κ2) is 13.0. The van der Waals surface area contributed by atoms with Crippen LogP contribution in [0.5, 0.6) is 0 Å². The monoisotopic (exact) mass is 766 g/mol. The number of hydrogen-bond donors (Lipinski definition) is 2. The van der Waals surface area contributed by atoms with Crippen LogP contribution in [0.25, 0.3) is 79.0 Å². The van der Waals surface area contributed by atoms with Gasteiger partial charge in [-0.2, -0.15) is 0 Å². The van der Waals surface area contributed by atoms with Gasteiger partial charge in [0.05, 0.1) is 16.7 Å². The predicted octanol–water partition coefficient (Wildman–Crippen LogP) is 13.5. The van der Waals surface area contributed by atoms with Crippen LogP contribution in [0.2, 0.25) is 0 Å². The second-order valence-electron chi connectivity index (χ2n) is 14.7. The maximum atomic E-state index is 5.32. The van der Waals surface area contributed by atoms with Crippen molar-refractivity contribution in [3.63, 3.8) is 0 Å². The van der Waals surface area contributed by atoms with Crippen molar-refractivity contribution in [1.29, 1.82) is 0 Å². The van der Waals surface area contributed by atoms with Crippen molar-refractivity contribution in [1.82, 2.24) is 15.2 Å². The van der Waals surface area contributed by atoms with E-state index in [1.807, 2.05) is 22.7 Å². The van der Waals surface area contributed by atoms with E-state index in [4.69, 9.17) is 4.99 Å². The van der Waals surface area contributed by atoms with Gasteiger partial charge in [-0.25, -0.2) is 4.99 Å². The smallest absolute Gasteiger partial charge is 0.133 e. The Morgan fingerprint density at radius 3 is 1.82 bits per heavy atom. The largest absolute Gasteiger partial charge is 0.350 e. The first kappa shape index (κ1) is 32.7. The highest BCUT2D eigenvalue weighted by molar-refractivity contribution is 7.27. The van der Waals surface area contributed by atoms with E-state index in [1.54, 1.807) is 0 Å². The quantitative estimate of drug-likeness (QED) is 0.183. The molecule has 2 unspecified atom stereocenters. The van der Waals surface area contributed by atoms with E-state index in [9.17, 15) is 0 Å². The first-order valence-corrected chi connectivity index (χ1v) is 21.0. The summed E-state index contributed by atoms with van der Waals surface area (Å²) in [5.41, 5.74) is 9.59. The van der Waals surface area contributed by atoms with E-state index in [0.717, 1.165) is 17.0 Å². The molecule has 2 atom stereocenters. The molecule has 0 aliphatic carbocycles. The topological polar surface area (TPSA) is 41.4 Å². The Morgan fingerprint density at radius 2 is 1.09 bits per heavy atom. The van der Waals surface area contributed by atoms with Crippen LogP contribution in [0.4, 0.5) is 0 Å². The molecule has 0 fully saturated rings. The third kappa shape index (κ3) is 5.19. The fourth-order valence-corrected chi connectivity index (χ4v) is 11.4. The van der Waals surface area contributed by atoms with Gasteiger partial charge in [-0.05, 0) is 64.7 Å². The Bertz CT molecular complexity index is 3320. The summed E-state index contributed by atoms with van der Waals surface area (Å²) < 4.78 is 7.58. The summed E-state index contributed by atoms with van der Waals surface area (Å²) in [6.45, 7) is 0. The molecule has 12 rings (SSSR count).